The monoisotopic (exact) mass is 303 g/mol. The van der Waals surface area contributed by atoms with Gasteiger partial charge in [-0.15, -0.1) is 0 Å². The van der Waals surface area contributed by atoms with E-state index in [1.165, 1.54) is 21.8 Å². The van der Waals surface area contributed by atoms with Crippen molar-refractivity contribution in [2.75, 3.05) is 5.33 Å². The molecule has 0 aliphatic heterocycles. The van der Waals surface area contributed by atoms with Crippen LogP contribution < -0.4 is 0 Å². The average Bonchev–Trinajstić information content (AvgIpc) is 2.74. The van der Waals surface area contributed by atoms with Crippen LogP contribution in [-0.4, -0.2) is 21.1 Å². The standard InChI is InChI=1S/C15H14BrNO/c16-9-11(18)10-17-14-7-3-1-5-12(14)13-6-2-4-8-15(13)17/h1-8,11,18H,9-10H2. The third-order valence-electron chi connectivity index (χ3n) is 3.25. The Morgan fingerprint density at radius 2 is 1.44 bits per heavy atom. The van der Waals surface area contributed by atoms with Gasteiger partial charge in [-0.2, -0.15) is 0 Å². The van der Waals surface area contributed by atoms with Crippen molar-refractivity contribution in [1.82, 2.24) is 4.57 Å². The van der Waals surface area contributed by atoms with Gasteiger partial charge in [0, 0.05) is 33.7 Å². The second kappa shape index (κ2) is 4.75. The van der Waals surface area contributed by atoms with Gasteiger partial charge in [-0.05, 0) is 12.1 Å². The summed E-state index contributed by atoms with van der Waals surface area (Å²) in [5.41, 5.74) is 2.36. The second-order valence-electron chi connectivity index (χ2n) is 4.45. The first-order valence-corrected chi connectivity index (χ1v) is 7.13. The van der Waals surface area contributed by atoms with Crippen LogP contribution in [0.4, 0.5) is 0 Å². The third-order valence-corrected chi connectivity index (χ3v) is 4.00. The predicted octanol–water partition coefficient (Wildman–Crippen LogP) is 3.55. The molecule has 0 aliphatic rings. The fourth-order valence-electron chi connectivity index (χ4n) is 2.46. The van der Waals surface area contributed by atoms with Crippen molar-refractivity contribution in [3.05, 3.63) is 48.5 Å². The number of para-hydroxylation sites is 2. The molecule has 1 N–H and O–H groups in total. The van der Waals surface area contributed by atoms with Crippen molar-refractivity contribution in [3.8, 4) is 0 Å². The number of alkyl halides is 1. The minimum absolute atomic E-state index is 0.371. The maximum absolute atomic E-state index is 9.88. The molecule has 3 rings (SSSR count). The molecule has 2 nitrogen and oxygen atoms in total. The van der Waals surface area contributed by atoms with Crippen molar-refractivity contribution in [3.63, 3.8) is 0 Å². The van der Waals surface area contributed by atoms with E-state index < -0.39 is 0 Å². The Bertz CT molecular complexity index is 636. The molecule has 0 radical (unpaired) electrons. The number of benzene rings is 2. The smallest absolute Gasteiger partial charge is 0.0815 e. The number of fused-ring (bicyclic) bond motifs is 3. The Kier molecular flexibility index (Phi) is 3.10. The normalized spacial score (nSPS) is 13.2. The summed E-state index contributed by atoms with van der Waals surface area (Å²) in [4.78, 5) is 0. The number of aliphatic hydroxyl groups is 1. The lowest BCUT2D eigenvalue weighted by molar-refractivity contribution is 0.182. The molecule has 3 heteroatoms. The number of rotatable bonds is 3. The molecule has 92 valence electrons. The lowest BCUT2D eigenvalue weighted by Crippen LogP contribution is -2.16. The molecule has 0 spiro atoms. The van der Waals surface area contributed by atoms with Gasteiger partial charge in [0.2, 0.25) is 0 Å². The van der Waals surface area contributed by atoms with E-state index in [9.17, 15) is 5.11 Å². The summed E-state index contributed by atoms with van der Waals surface area (Å²) in [7, 11) is 0. The molecule has 0 saturated heterocycles. The van der Waals surface area contributed by atoms with Crippen LogP contribution in [0.5, 0.6) is 0 Å². The second-order valence-corrected chi connectivity index (χ2v) is 5.10. The summed E-state index contributed by atoms with van der Waals surface area (Å²) >= 11 is 3.33. The molecule has 2 aromatic carbocycles. The highest BCUT2D eigenvalue weighted by molar-refractivity contribution is 9.09. The van der Waals surface area contributed by atoms with E-state index in [4.69, 9.17) is 0 Å². The van der Waals surface area contributed by atoms with Crippen LogP contribution in [0.1, 0.15) is 0 Å². The zero-order chi connectivity index (χ0) is 12.5. The number of hydrogen-bond donors (Lipinski definition) is 1. The maximum Gasteiger partial charge on any atom is 0.0815 e. The Hall–Kier alpha value is -1.32. The topological polar surface area (TPSA) is 25.2 Å². The highest BCUT2D eigenvalue weighted by Crippen LogP contribution is 2.28. The lowest BCUT2D eigenvalue weighted by atomic mass is 10.2. The molecule has 1 aromatic heterocycles. The van der Waals surface area contributed by atoms with Crippen LogP contribution in [0.15, 0.2) is 48.5 Å². The van der Waals surface area contributed by atoms with Crippen molar-refractivity contribution in [1.29, 1.82) is 0 Å². The molecule has 1 unspecified atom stereocenters. The quantitative estimate of drug-likeness (QED) is 0.736. The molecule has 18 heavy (non-hydrogen) atoms. The molecule has 0 bridgehead atoms. The molecule has 1 heterocycles. The predicted molar refractivity (Wildman–Crippen MR) is 79.2 cm³/mol. The van der Waals surface area contributed by atoms with Gasteiger partial charge in [0.15, 0.2) is 0 Å². The molecule has 0 amide bonds. The summed E-state index contributed by atoms with van der Waals surface area (Å²) in [5, 5.41) is 13.0. The first kappa shape index (κ1) is 11.8. The van der Waals surface area contributed by atoms with Gasteiger partial charge in [0.25, 0.3) is 0 Å². The Balaban J connectivity index is 2.31. The molecular weight excluding hydrogens is 290 g/mol. The Morgan fingerprint density at radius 1 is 0.944 bits per heavy atom. The maximum atomic E-state index is 9.88. The van der Waals surface area contributed by atoms with E-state index in [0.29, 0.717) is 11.9 Å². The van der Waals surface area contributed by atoms with Crippen molar-refractivity contribution < 1.29 is 5.11 Å². The highest BCUT2D eigenvalue weighted by atomic mass is 79.9. The van der Waals surface area contributed by atoms with Gasteiger partial charge in [-0.1, -0.05) is 52.3 Å². The molecule has 0 saturated carbocycles. The van der Waals surface area contributed by atoms with Crippen LogP contribution in [0, 0.1) is 0 Å². The first-order chi connectivity index (χ1) is 8.81. The van der Waals surface area contributed by atoms with Crippen LogP contribution in [-0.2, 0) is 6.54 Å². The minimum Gasteiger partial charge on any atom is -0.390 e. The van der Waals surface area contributed by atoms with Crippen molar-refractivity contribution in [2.45, 2.75) is 12.6 Å². The SMILES string of the molecule is OC(CBr)Cn1c2ccccc2c2ccccc21. The minimum atomic E-state index is -0.371. The largest absolute Gasteiger partial charge is 0.390 e. The lowest BCUT2D eigenvalue weighted by Gasteiger charge is -2.11. The molecule has 1 atom stereocenters. The van der Waals surface area contributed by atoms with Gasteiger partial charge in [-0.3, -0.25) is 0 Å². The molecular formula is C15H14BrNO. The first-order valence-electron chi connectivity index (χ1n) is 6.01. The van der Waals surface area contributed by atoms with Gasteiger partial charge < -0.3 is 9.67 Å². The summed E-state index contributed by atoms with van der Waals surface area (Å²) < 4.78 is 2.19. The van der Waals surface area contributed by atoms with Gasteiger partial charge in [0.05, 0.1) is 6.10 Å². The van der Waals surface area contributed by atoms with E-state index >= 15 is 0 Å². The zero-order valence-electron chi connectivity index (χ0n) is 9.88. The van der Waals surface area contributed by atoms with Crippen LogP contribution in [0.25, 0.3) is 21.8 Å². The van der Waals surface area contributed by atoms with Gasteiger partial charge in [0.1, 0.15) is 0 Å². The summed E-state index contributed by atoms with van der Waals surface area (Å²) in [6.45, 7) is 0.610. The third kappa shape index (κ3) is 1.84. The Morgan fingerprint density at radius 3 is 1.94 bits per heavy atom. The number of aliphatic hydroxyl groups excluding tert-OH is 1. The Labute approximate surface area is 114 Å². The summed E-state index contributed by atoms with van der Waals surface area (Å²) in [6, 6.07) is 16.7. The number of aromatic nitrogens is 1. The van der Waals surface area contributed by atoms with Crippen molar-refractivity contribution in [2.24, 2.45) is 0 Å². The fraction of sp³-hybridized carbons (Fsp3) is 0.200. The number of nitrogens with zero attached hydrogens (tertiary/aromatic N) is 1. The average molecular weight is 304 g/mol. The zero-order valence-corrected chi connectivity index (χ0v) is 11.5. The number of halogens is 1. The van der Waals surface area contributed by atoms with Crippen molar-refractivity contribution >= 4 is 37.7 Å². The van der Waals surface area contributed by atoms with Crippen LogP contribution in [0.2, 0.25) is 0 Å². The van der Waals surface area contributed by atoms with E-state index in [2.05, 4.69) is 56.9 Å². The molecule has 0 fully saturated rings. The van der Waals surface area contributed by atoms with E-state index in [1.807, 2.05) is 12.1 Å². The summed E-state index contributed by atoms with van der Waals surface area (Å²) in [5.74, 6) is 0. The molecule has 0 aliphatic carbocycles. The van der Waals surface area contributed by atoms with E-state index in [0.717, 1.165) is 0 Å². The summed E-state index contributed by atoms with van der Waals surface area (Å²) in [6.07, 6.45) is -0.371. The molecule has 3 aromatic rings. The fourth-order valence-corrected chi connectivity index (χ4v) is 2.66. The van der Waals surface area contributed by atoms with E-state index in [1.54, 1.807) is 0 Å². The number of hydrogen-bond acceptors (Lipinski definition) is 1. The van der Waals surface area contributed by atoms with E-state index in [-0.39, 0.29) is 6.10 Å². The highest BCUT2D eigenvalue weighted by Gasteiger charge is 2.12. The van der Waals surface area contributed by atoms with Gasteiger partial charge in [-0.25, -0.2) is 0 Å². The van der Waals surface area contributed by atoms with Crippen LogP contribution >= 0.6 is 15.9 Å². The van der Waals surface area contributed by atoms with Gasteiger partial charge >= 0.3 is 0 Å². The van der Waals surface area contributed by atoms with Crippen LogP contribution in [0.3, 0.4) is 0 Å².